The maximum atomic E-state index is 13.9. The number of fused-ring (bicyclic) bond motifs is 2. The monoisotopic (exact) mass is 656 g/mol. The van der Waals surface area contributed by atoms with Gasteiger partial charge in [0.25, 0.3) is 5.69 Å². The minimum Gasteiger partial charge on any atom is -0.508 e. The Labute approximate surface area is 259 Å². The van der Waals surface area contributed by atoms with Crippen molar-refractivity contribution < 1.29 is 37.6 Å². The van der Waals surface area contributed by atoms with Crippen LogP contribution in [0.25, 0.3) is 0 Å². The van der Waals surface area contributed by atoms with Crippen LogP contribution in [0.1, 0.15) is 21.9 Å². The summed E-state index contributed by atoms with van der Waals surface area (Å²) in [6.45, 7) is -0.582. The second-order valence-electron chi connectivity index (χ2n) is 10.2. The van der Waals surface area contributed by atoms with Crippen molar-refractivity contribution in [2.75, 3.05) is 10.2 Å². The van der Waals surface area contributed by atoms with E-state index in [1.807, 2.05) is 0 Å². The average Bonchev–Trinajstić information content (AvgIpc) is 3.43. The molecule has 6 rings (SSSR count). The largest absolute Gasteiger partial charge is 0.508 e. The molecule has 0 unspecified atom stereocenters. The topological polar surface area (TPSA) is 152 Å². The lowest BCUT2D eigenvalue weighted by Crippen LogP contribution is -2.33. The van der Waals surface area contributed by atoms with Gasteiger partial charge in [-0.2, -0.15) is 13.2 Å². The normalized spacial score (nSPS) is 19.3. The van der Waals surface area contributed by atoms with Crippen LogP contribution in [0.15, 0.2) is 82.6 Å². The van der Waals surface area contributed by atoms with E-state index in [1.165, 1.54) is 42.5 Å². The number of phenols is 1. The van der Waals surface area contributed by atoms with Crippen molar-refractivity contribution in [3.63, 3.8) is 0 Å². The van der Waals surface area contributed by atoms with E-state index in [-0.39, 0.29) is 27.8 Å². The SMILES string of the molecule is O=C(Cn1c2c(sc1=O)[C@@H](c1ccc(O)cc1)[C@H]1C(=O)N(c3ccc([N+](=O)[O-])cc3)C(=O)[C@H]1S2)Nc1cccc(C(F)(F)F)c1. The van der Waals surface area contributed by atoms with E-state index in [4.69, 9.17) is 0 Å². The Morgan fingerprint density at radius 1 is 1.00 bits per heavy atom. The van der Waals surface area contributed by atoms with Crippen molar-refractivity contribution in [1.29, 1.82) is 0 Å². The van der Waals surface area contributed by atoms with E-state index in [0.717, 1.165) is 50.8 Å². The number of carbonyl (C=O) groups excluding carboxylic acids is 3. The second kappa shape index (κ2) is 11.2. The molecular formula is C29H19F3N4O7S2. The maximum Gasteiger partial charge on any atom is 0.416 e. The summed E-state index contributed by atoms with van der Waals surface area (Å²) in [7, 11) is 0. The van der Waals surface area contributed by atoms with Gasteiger partial charge in [0.2, 0.25) is 17.7 Å². The Kier molecular flexibility index (Phi) is 7.48. The van der Waals surface area contributed by atoms with Gasteiger partial charge in [0.05, 0.1) is 27.1 Å². The van der Waals surface area contributed by atoms with Crippen LogP contribution in [0.5, 0.6) is 5.75 Å². The van der Waals surface area contributed by atoms with E-state index in [1.54, 1.807) is 12.1 Å². The molecule has 16 heteroatoms. The number of non-ortho nitro benzene ring substituents is 1. The van der Waals surface area contributed by atoms with Gasteiger partial charge in [0.1, 0.15) is 17.5 Å². The number of phenolic OH excluding ortho intramolecular Hbond substituents is 1. The van der Waals surface area contributed by atoms with Crippen LogP contribution < -0.4 is 15.1 Å². The van der Waals surface area contributed by atoms with Crippen molar-refractivity contribution in [3.05, 3.63) is 109 Å². The molecule has 3 heterocycles. The fraction of sp³-hybridized carbons (Fsp3) is 0.172. The molecule has 4 aromatic rings. The standard InChI is InChI=1S/C29H19F3N4O7S2/c30-29(31,32)15-2-1-3-16(12-15)33-20(38)13-34-27-24(45-28(34)41)21(14-4-10-19(37)11-5-14)22-23(44-27)26(40)35(25(22)39)17-6-8-18(9-7-17)36(42)43/h1-12,21-23,37H,13H2,(H,33,38)/t21-,22+,23-/m0/s1. The van der Waals surface area contributed by atoms with Gasteiger partial charge in [-0.3, -0.25) is 33.9 Å². The zero-order chi connectivity index (χ0) is 32.2. The summed E-state index contributed by atoms with van der Waals surface area (Å²) in [6.07, 6.45) is -4.63. The Morgan fingerprint density at radius 3 is 2.33 bits per heavy atom. The number of benzene rings is 3. The zero-order valence-corrected chi connectivity index (χ0v) is 24.2. The number of amides is 3. The molecule has 0 spiro atoms. The van der Waals surface area contributed by atoms with Crippen molar-refractivity contribution in [2.24, 2.45) is 5.92 Å². The summed E-state index contributed by atoms with van der Waals surface area (Å²) in [5, 5.41) is 22.6. The maximum absolute atomic E-state index is 13.9. The van der Waals surface area contributed by atoms with Crippen LogP contribution in [0, 0.1) is 16.0 Å². The van der Waals surface area contributed by atoms with E-state index < -0.39 is 62.9 Å². The highest BCUT2D eigenvalue weighted by molar-refractivity contribution is 8.00. The number of thiazole rings is 1. The first kappa shape index (κ1) is 30.1. The molecule has 1 saturated heterocycles. The van der Waals surface area contributed by atoms with Crippen molar-refractivity contribution in [3.8, 4) is 5.75 Å². The highest BCUT2D eigenvalue weighted by Gasteiger charge is 2.56. The number of aromatic hydroxyl groups is 1. The van der Waals surface area contributed by atoms with Gasteiger partial charge in [-0.1, -0.05) is 41.3 Å². The number of hydrogen-bond acceptors (Lipinski definition) is 9. The highest BCUT2D eigenvalue weighted by Crippen LogP contribution is 2.54. The fourth-order valence-electron chi connectivity index (χ4n) is 5.39. The number of thioether (sulfide) groups is 1. The average molecular weight is 657 g/mol. The van der Waals surface area contributed by atoms with Gasteiger partial charge in [-0.25, -0.2) is 4.90 Å². The number of imide groups is 1. The summed E-state index contributed by atoms with van der Waals surface area (Å²) in [5.41, 5.74) is -0.696. The summed E-state index contributed by atoms with van der Waals surface area (Å²) >= 11 is 1.69. The van der Waals surface area contributed by atoms with Crippen molar-refractivity contribution in [2.45, 2.75) is 28.9 Å². The quantitative estimate of drug-likeness (QED) is 0.168. The van der Waals surface area contributed by atoms with Gasteiger partial charge >= 0.3 is 11.0 Å². The minimum atomic E-state index is -4.63. The second-order valence-corrected chi connectivity index (χ2v) is 12.3. The molecule has 1 fully saturated rings. The molecule has 0 aliphatic carbocycles. The number of anilines is 2. The number of hydrogen-bond donors (Lipinski definition) is 2. The minimum absolute atomic E-state index is 0.0564. The first-order valence-electron chi connectivity index (χ1n) is 13.1. The molecular weight excluding hydrogens is 637 g/mol. The van der Waals surface area contributed by atoms with Gasteiger partial charge in [-0.15, -0.1) is 0 Å². The third-order valence-corrected chi connectivity index (χ3v) is 10.00. The number of nitrogens with one attached hydrogen (secondary N) is 1. The van der Waals surface area contributed by atoms with Crippen LogP contribution in [0.3, 0.4) is 0 Å². The number of nitro benzene ring substituents is 1. The lowest BCUT2D eigenvalue weighted by atomic mass is 9.83. The Balaban J connectivity index is 1.37. The molecule has 2 aliphatic heterocycles. The summed E-state index contributed by atoms with van der Waals surface area (Å²) in [5.74, 6) is -3.90. The van der Waals surface area contributed by atoms with Gasteiger partial charge in [0, 0.05) is 28.6 Å². The van der Waals surface area contributed by atoms with Gasteiger partial charge in [0.15, 0.2) is 0 Å². The molecule has 230 valence electrons. The lowest BCUT2D eigenvalue weighted by molar-refractivity contribution is -0.384. The Morgan fingerprint density at radius 2 is 1.69 bits per heavy atom. The number of rotatable bonds is 6. The zero-order valence-electron chi connectivity index (χ0n) is 22.6. The molecule has 0 bridgehead atoms. The van der Waals surface area contributed by atoms with E-state index >= 15 is 0 Å². The van der Waals surface area contributed by atoms with Crippen LogP contribution in [-0.2, 0) is 27.1 Å². The number of carbonyl (C=O) groups is 3. The molecule has 3 atom stereocenters. The van der Waals surface area contributed by atoms with Crippen LogP contribution in [0.2, 0.25) is 0 Å². The number of aromatic nitrogens is 1. The number of nitrogens with zero attached hydrogens (tertiary/aromatic N) is 3. The molecule has 1 aromatic heterocycles. The summed E-state index contributed by atoms with van der Waals surface area (Å²) < 4.78 is 40.6. The molecule has 2 N–H and O–H groups in total. The van der Waals surface area contributed by atoms with Crippen LogP contribution in [-0.4, -0.2) is 37.6 Å². The number of halogens is 3. The molecule has 0 radical (unpaired) electrons. The smallest absolute Gasteiger partial charge is 0.416 e. The first-order chi connectivity index (χ1) is 21.3. The molecule has 3 amide bonds. The third kappa shape index (κ3) is 5.46. The van der Waals surface area contributed by atoms with E-state index in [2.05, 4.69) is 5.32 Å². The third-order valence-electron chi connectivity index (χ3n) is 7.40. The fourth-order valence-corrected chi connectivity index (χ4v) is 8.16. The first-order valence-corrected chi connectivity index (χ1v) is 14.8. The van der Waals surface area contributed by atoms with Crippen molar-refractivity contribution >= 4 is 57.9 Å². The predicted octanol–water partition coefficient (Wildman–Crippen LogP) is 4.98. The Bertz CT molecular complexity index is 1920. The molecule has 3 aromatic carbocycles. The Hall–Kier alpha value is -4.96. The van der Waals surface area contributed by atoms with Crippen LogP contribution in [0.4, 0.5) is 30.2 Å². The number of nitro groups is 1. The van der Waals surface area contributed by atoms with Crippen LogP contribution >= 0.6 is 23.1 Å². The highest BCUT2D eigenvalue weighted by atomic mass is 32.2. The summed E-state index contributed by atoms with van der Waals surface area (Å²) in [4.78, 5) is 65.1. The van der Waals surface area contributed by atoms with E-state index in [0.29, 0.717) is 10.4 Å². The van der Waals surface area contributed by atoms with Crippen molar-refractivity contribution in [1.82, 2.24) is 4.57 Å². The van der Waals surface area contributed by atoms with E-state index in [9.17, 15) is 47.6 Å². The van der Waals surface area contributed by atoms with Gasteiger partial charge in [-0.05, 0) is 48.0 Å². The van der Waals surface area contributed by atoms with Gasteiger partial charge < -0.3 is 10.4 Å². The molecule has 0 saturated carbocycles. The lowest BCUT2D eigenvalue weighted by Gasteiger charge is -2.30. The molecule has 11 nitrogen and oxygen atoms in total. The molecule has 45 heavy (non-hydrogen) atoms. The molecule has 2 aliphatic rings. The summed E-state index contributed by atoms with van der Waals surface area (Å²) in [6, 6.07) is 14.8. The number of alkyl halides is 3. The predicted molar refractivity (Wildman–Crippen MR) is 157 cm³/mol.